The second-order valence-corrected chi connectivity index (χ2v) is 6.94. The Kier molecular flexibility index (Phi) is 7.23. The summed E-state index contributed by atoms with van der Waals surface area (Å²) in [6.45, 7) is 6.70. The Morgan fingerprint density at radius 3 is 2.50 bits per heavy atom. The molecule has 0 amide bonds. The molecule has 0 saturated carbocycles. The average Bonchev–Trinajstić information content (AvgIpc) is 2.78. The average molecular weight is 416 g/mol. The second-order valence-electron chi connectivity index (χ2n) is 6.94. The first-order valence-electron chi connectivity index (χ1n) is 9.98. The van der Waals surface area contributed by atoms with Gasteiger partial charge in [0.05, 0.1) is 19.1 Å². The molecular weight excluding hydrogens is 388 g/mol. The predicted molar refractivity (Wildman–Crippen MR) is 115 cm³/mol. The lowest BCUT2D eigenvalue weighted by Crippen LogP contribution is -2.46. The second kappa shape index (κ2) is 10.1. The first kappa shape index (κ1) is 21.6. The number of anilines is 2. The van der Waals surface area contributed by atoms with Crippen molar-refractivity contribution in [1.29, 1.82) is 0 Å². The molecular formula is C20H28N6O4. The Balaban J connectivity index is 1.71. The summed E-state index contributed by atoms with van der Waals surface area (Å²) in [5, 5.41) is 14.9. The molecule has 10 heteroatoms. The highest BCUT2D eigenvalue weighted by molar-refractivity contribution is 5.70. The fourth-order valence-electron chi connectivity index (χ4n) is 3.54. The first-order valence-corrected chi connectivity index (χ1v) is 9.98. The lowest BCUT2D eigenvalue weighted by Gasteiger charge is -2.34. The zero-order chi connectivity index (χ0) is 21.5. The summed E-state index contributed by atoms with van der Waals surface area (Å²) in [5.74, 6) is 1.92. The number of nitro groups is 1. The molecule has 0 bridgehead atoms. The fraction of sp³-hybridized carbons (Fsp3) is 0.500. The van der Waals surface area contributed by atoms with Gasteiger partial charge in [-0.15, -0.1) is 0 Å². The highest BCUT2D eigenvalue weighted by Gasteiger charge is 2.28. The maximum absolute atomic E-state index is 11.8. The van der Waals surface area contributed by atoms with Crippen molar-refractivity contribution < 1.29 is 14.4 Å². The summed E-state index contributed by atoms with van der Waals surface area (Å²) in [7, 11) is 3.18. The van der Waals surface area contributed by atoms with Crippen LogP contribution in [0.4, 0.5) is 17.3 Å². The van der Waals surface area contributed by atoms with E-state index in [-0.39, 0.29) is 11.5 Å². The zero-order valence-electron chi connectivity index (χ0n) is 17.6. The zero-order valence-corrected chi connectivity index (χ0v) is 17.6. The van der Waals surface area contributed by atoms with Crippen molar-refractivity contribution >= 4 is 17.3 Å². The van der Waals surface area contributed by atoms with E-state index in [2.05, 4.69) is 27.1 Å². The number of likely N-dealkylation sites (N-methyl/N-ethyl adjacent to an activating group) is 1. The van der Waals surface area contributed by atoms with Crippen molar-refractivity contribution in [1.82, 2.24) is 14.9 Å². The van der Waals surface area contributed by atoms with Crippen LogP contribution in [0.15, 0.2) is 24.5 Å². The Morgan fingerprint density at radius 1 is 1.13 bits per heavy atom. The van der Waals surface area contributed by atoms with Gasteiger partial charge in [-0.3, -0.25) is 10.1 Å². The number of nitrogens with zero attached hydrogens (tertiary/aromatic N) is 5. The number of benzene rings is 1. The van der Waals surface area contributed by atoms with E-state index in [1.165, 1.54) is 6.33 Å². The molecule has 10 nitrogen and oxygen atoms in total. The number of ether oxygens (including phenoxy) is 2. The van der Waals surface area contributed by atoms with Crippen LogP contribution in [0.5, 0.6) is 11.5 Å². The molecule has 0 aliphatic carbocycles. The standard InChI is InChI=1S/C20H28N6O4/c1-4-24-9-11-25(12-10-24)20-18(26(27)28)19(22-14-23-20)21-8-7-15-5-6-16(29-2)17(13-15)30-3/h5-6,13-14H,4,7-12H2,1-3H3,(H,21,22,23). The third-order valence-electron chi connectivity index (χ3n) is 5.26. The molecule has 3 rings (SSSR count). The molecule has 162 valence electrons. The largest absolute Gasteiger partial charge is 0.493 e. The van der Waals surface area contributed by atoms with Gasteiger partial charge in [0.25, 0.3) is 0 Å². The van der Waals surface area contributed by atoms with Gasteiger partial charge >= 0.3 is 5.69 Å². The van der Waals surface area contributed by atoms with Crippen LogP contribution >= 0.6 is 0 Å². The van der Waals surface area contributed by atoms with Crippen LogP contribution in [0.1, 0.15) is 12.5 Å². The summed E-state index contributed by atoms with van der Waals surface area (Å²) in [4.78, 5) is 24.0. The van der Waals surface area contributed by atoms with Crippen LogP contribution in [0.3, 0.4) is 0 Å². The Labute approximate surface area is 176 Å². The minimum Gasteiger partial charge on any atom is -0.493 e. The summed E-state index contributed by atoms with van der Waals surface area (Å²) in [6, 6.07) is 5.68. The SMILES string of the molecule is CCN1CCN(c2ncnc(NCCc3ccc(OC)c(OC)c3)c2[N+](=O)[O-])CC1. The van der Waals surface area contributed by atoms with Crippen molar-refractivity contribution in [2.75, 3.05) is 63.7 Å². The predicted octanol–water partition coefficient (Wildman–Crippen LogP) is 2.20. The van der Waals surface area contributed by atoms with Gasteiger partial charge in [0.1, 0.15) is 6.33 Å². The van der Waals surface area contributed by atoms with E-state index < -0.39 is 4.92 Å². The fourth-order valence-corrected chi connectivity index (χ4v) is 3.54. The van der Waals surface area contributed by atoms with Crippen LogP contribution in [0, 0.1) is 10.1 Å². The van der Waals surface area contributed by atoms with E-state index in [9.17, 15) is 10.1 Å². The Morgan fingerprint density at radius 2 is 1.87 bits per heavy atom. The molecule has 1 saturated heterocycles. The first-order chi connectivity index (χ1) is 14.6. The van der Waals surface area contributed by atoms with Crippen LogP contribution in [-0.4, -0.2) is 73.3 Å². The summed E-state index contributed by atoms with van der Waals surface area (Å²) in [6.07, 6.45) is 2.03. The monoisotopic (exact) mass is 416 g/mol. The van der Waals surface area contributed by atoms with E-state index >= 15 is 0 Å². The maximum Gasteiger partial charge on any atom is 0.353 e. The van der Waals surface area contributed by atoms with E-state index in [0.29, 0.717) is 43.4 Å². The van der Waals surface area contributed by atoms with Gasteiger partial charge in [0, 0.05) is 32.7 Å². The van der Waals surface area contributed by atoms with Crippen molar-refractivity contribution in [3.05, 3.63) is 40.2 Å². The molecule has 2 aromatic rings. The Hall–Kier alpha value is -3.14. The molecule has 1 fully saturated rings. The lowest BCUT2D eigenvalue weighted by molar-refractivity contribution is -0.383. The van der Waals surface area contributed by atoms with E-state index in [0.717, 1.165) is 25.2 Å². The van der Waals surface area contributed by atoms with Gasteiger partial charge < -0.3 is 24.6 Å². The van der Waals surface area contributed by atoms with E-state index in [1.807, 2.05) is 23.1 Å². The van der Waals surface area contributed by atoms with Gasteiger partial charge in [0.2, 0.25) is 11.6 Å². The van der Waals surface area contributed by atoms with Crippen LogP contribution in [0.2, 0.25) is 0 Å². The minimum atomic E-state index is -0.403. The number of aromatic nitrogens is 2. The molecule has 1 aliphatic heterocycles. The van der Waals surface area contributed by atoms with Crippen LogP contribution in [0.25, 0.3) is 0 Å². The van der Waals surface area contributed by atoms with Crippen molar-refractivity contribution in [3.63, 3.8) is 0 Å². The molecule has 1 N–H and O–H groups in total. The number of hydrogen-bond donors (Lipinski definition) is 1. The number of rotatable bonds is 9. The van der Waals surface area contributed by atoms with Crippen LogP contribution in [-0.2, 0) is 6.42 Å². The van der Waals surface area contributed by atoms with Crippen molar-refractivity contribution in [3.8, 4) is 11.5 Å². The van der Waals surface area contributed by atoms with Gasteiger partial charge in [-0.2, -0.15) is 0 Å². The molecule has 0 unspecified atom stereocenters. The quantitative estimate of drug-likeness (QED) is 0.486. The lowest BCUT2D eigenvalue weighted by atomic mass is 10.1. The van der Waals surface area contributed by atoms with Gasteiger partial charge in [-0.25, -0.2) is 9.97 Å². The summed E-state index contributed by atoms with van der Waals surface area (Å²) in [5.41, 5.74) is 0.947. The number of piperazine rings is 1. The molecule has 0 radical (unpaired) electrons. The third-order valence-corrected chi connectivity index (χ3v) is 5.26. The highest BCUT2D eigenvalue weighted by atomic mass is 16.6. The normalized spacial score (nSPS) is 14.4. The molecule has 2 heterocycles. The summed E-state index contributed by atoms with van der Waals surface area (Å²) < 4.78 is 10.6. The number of nitrogens with one attached hydrogen (secondary N) is 1. The topological polar surface area (TPSA) is 106 Å². The molecule has 1 aliphatic rings. The Bertz CT molecular complexity index is 870. The maximum atomic E-state index is 11.8. The van der Waals surface area contributed by atoms with Gasteiger partial charge in [0.15, 0.2) is 11.5 Å². The van der Waals surface area contributed by atoms with Gasteiger partial charge in [-0.05, 0) is 30.7 Å². The molecule has 1 aromatic heterocycles. The molecule has 30 heavy (non-hydrogen) atoms. The van der Waals surface area contributed by atoms with E-state index in [4.69, 9.17) is 9.47 Å². The minimum absolute atomic E-state index is 0.0743. The molecule has 0 atom stereocenters. The number of methoxy groups -OCH3 is 2. The molecule has 1 aromatic carbocycles. The highest BCUT2D eigenvalue weighted by Crippen LogP contribution is 2.32. The van der Waals surface area contributed by atoms with Crippen molar-refractivity contribution in [2.24, 2.45) is 0 Å². The van der Waals surface area contributed by atoms with Crippen LogP contribution < -0.4 is 19.7 Å². The van der Waals surface area contributed by atoms with E-state index in [1.54, 1.807) is 14.2 Å². The third kappa shape index (κ3) is 4.88. The number of hydrogen-bond acceptors (Lipinski definition) is 9. The van der Waals surface area contributed by atoms with Crippen molar-refractivity contribution in [2.45, 2.75) is 13.3 Å². The summed E-state index contributed by atoms with van der Waals surface area (Å²) >= 11 is 0. The van der Waals surface area contributed by atoms with Gasteiger partial charge in [-0.1, -0.05) is 13.0 Å². The smallest absolute Gasteiger partial charge is 0.353 e. The molecule has 0 spiro atoms.